The minimum absolute atomic E-state index is 0.433. The van der Waals surface area contributed by atoms with Gasteiger partial charge in [0.15, 0.2) is 0 Å². The summed E-state index contributed by atoms with van der Waals surface area (Å²) in [4.78, 5) is 2.26. The second-order valence-electron chi connectivity index (χ2n) is 4.86. The number of anilines is 1. The number of aryl methyl sites for hydroxylation is 1. The maximum atomic E-state index is 8.92. The number of nitriles is 1. The molecular weight excluding hydrogens is 210 g/mol. The predicted octanol–water partition coefficient (Wildman–Crippen LogP) is 2.04. The highest BCUT2D eigenvalue weighted by atomic mass is 15.2. The van der Waals surface area contributed by atoms with Crippen LogP contribution in [0.1, 0.15) is 24.0 Å². The van der Waals surface area contributed by atoms with Crippen molar-refractivity contribution in [2.24, 2.45) is 11.7 Å². The third-order valence-corrected chi connectivity index (χ3v) is 3.64. The van der Waals surface area contributed by atoms with Crippen molar-refractivity contribution in [3.63, 3.8) is 0 Å². The maximum Gasteiger partial charge on any atom is 0.0994 e. The van der Waals surface area contributed by atoms with Crippen molar-refractivity contribution in [2.45, 2.75) is 25.8 Å². The molecule has 3 nitrogen and oxygen atoms in total. The van der Waals surface area contributed by atoms with Crippen molar-refractivity contribution < 1.29 is 0 Å². The van der Waals surface area contributed by atoms with Gasteiger partial charge in [0.1, 0.15) is 0 Å². The third-order valence-electron chi connectivity index (χ3n) is 3.64. The van der Waals surface area contributed by atoms with Crippen LogP contribution in [-0.4, -0.2) is 19.6 Å². The lowest BCUT2D eigenvalue weighted by molar-refractivity contribution is 0.570. The number of hydrogen-bond donors (Lipinski definition) is 1. The van der Waals surface area contributed by atoms with Crippen LogP contribution < -0.4 is 10.6 Å². The lowest BCUT2D eigenvalue weighted by Gasteiger charge is -2.29. The van der Waals surface area contributed by atoms with Gasteiger partial charge in [-0.25, -0.2) is 0 Å². The normalized spacial score (nSPS) is 16.4. The SMILES string of the molecule is Cc1cc(N(C)C(CN)C2CC2)ccc1C#N. The van der Waals surface area contributed by atoms with E-state index in [9.17, 15) is 0 Å². The van der Waals surface area contributed by atoms with Gasteiger partial charge in [0.25, 0.3) is 0 Å². The van der Waals surface area contributed by atoms with Crippen molar-refractivity contribution in [3.05, 3.63) is 29.3 Å². The molecule has 1 aromatic carbocycles. The van der Waals surface area contributed by atoms with Gasteiger partial charge in [0.05, 0.1) is 11.6 Å². The molecule has 1 saturated carbocycles. The standard InChI is InChI=1S/C14H19N3/c1-10-7-13(6-5-12(10)8-15)17(2)14(9-16)11-3-4-11/h5-7,11,14H,3-4,9,16H2,1-2H3. The Labute approximate surface area is 103 Å². The van der Waals surface area contributed by atoms with E-state index in [0.29, 0.717) is 12.6 Å². The Bertz CT molecular complexity index is 443. The summed E-state index contributed by atoms with van der Waals surface area (Å²) in [6, 6.07) is 8.60. The fraction of sp³-hybridized carbons (Fsp3) is 0.500. The van der Waals surface area contributed by atoms with E-state index in [1.54, 1.807) is 0 Å². The van der Waals surface area contributed by atoms with Gasteiger partial charge in [-0.15, -0.1) is 0 Å². The average Bonchev–Trinajstić information content (AvgIpc) is 3.14. The lowest BCUT2D eigenvalue weighted by atomic mass is 10.1. The molecule has 1 unspecified atom stereocenters. The van der Waals surface area contributed by atoms with Gasteiger partial charge in [-0.05, 0) is 49.4 Å². The van der Waals surface area contributed by atoms with Crippen LogP contribution in [0.25, 0.3) is 0 Å². The van der Waals surface area contributed by atoms with E-state index >= 15 is 0 Å². The van der Waals surface area contributed by atoms with Gasteiger partial charge in [0.2, 0.25) is 0 Å². The second kappa shape index (κ2) is 4.77. The Morgan fingerprint density at radius 1 is 1.53 bits per heavy atom. The molecular formula is C14H19N3. The first-order valence-electron chi connectivity index (χ1n) is 6.11. The summed E-state index contributed by atoms with van der Waals surface area (Å²) in [6.45, 7) is 2.67. The van der Waals surface area contributed by atoms with Crippen molar-refractivity contribution in [1.82, 2.24) is 0 Å². The quantitative estimate of drug-likeness (QED) is 0.859. The van der Waals surface area contributed by atoms with Crippen LogP contribution >= 0.6 is 0 Å². The van der Waals surface area contributed by atoms with Crippen molar-refractivity contribution >= 4 is 5.69 Å². The van der Waals surface area contributed by atoms with E-state index in [-0.39, 0.29) is 0 Å². The number of benzene rings is 1. The van der Waals surface area contributed by atoms with Gasteiger partial charge >= 0.3 is 0 Å². The molecule has 2 N–H and O–H groups in total. The highest BCUT2D eigenvalue weighted by Gasteiger charge is 2.33. The van der Waals surface area contributed by atoms with Crippen LogP contribution in [0.2, 0.25) is 0 Å². The second-order valence-corrected chi connectivity index (χ2v) is 4.86. The number of likely N-dealkylation sites (N-methyl/N-ethyl adjacent to an activating group) is 1. The highest BCUT2D eigenvalue weighted by molar-refractivity contribution is 5.54. The molecule has 0 heterocycles. The highest BCUT2D eigenvalue weighted by Crippen LogP contribution is 2.36. The first kappa shape index (κ1) is 11.9. The Morgan fingerprint density at radius 2 is 2.24 bits per heavy atom. The summed E-state index contributed by atoms with van der Waals surface area (Å²) < 4.78 is 0. The van der Waals surface area contributed by atoms with Crippen molar-refractivity contribution in [3.8, 4) is 6.07 Å². The zero-order valence-corrected chi connectivity index (χ0v) is 10.5. The summed E-state index contributed by atoms with van der Waals surface area (Å²) in [5.74, 6) is 0.751. The molecule has 0 saturated heterocycles. The summed E-state index contributed by atoms with van der Waals surface area (Å²) >= 11 is 0. The van der Waals surface area contributed by atoms with E-state index < -0.39 is 0 Å². The molecule has 1 aliphatic carbocycles. The fourth-order valence-electron chi connectivity index (χ4n) is 2.33. The first-order chi connectivity index (χ1) is 8.17. The van der Waals surface area contributed by atoms with Gasteiger partial charge < -0.3 is 10.6 Å². The van der Waals surface area contributed by atoms with Crippen LogP contribution in [0.3, 0.4) is 0 Å². The van der Waals surface area contributed by atoms with Crippen molar-refractivity contribution in [2.75, 3.05) is 18.5 Å². The van der Waals surface area contributed by atoms with Crippen LogP contribution in [0, 0.1) is 24.2 Å². The molecule has 1 aromatic rings. The summed E-state index contributed by atoms with van der Waals surface area (Å²) in [5, 5.41) is 8.92. The Morgan fingerprint density at radius 3 is 2.71 bits per heavy atom. The zero-order chi connectivity index (χ0) is 12.4. The van der Waals surface area contributed by atoms with Gasteiger partial charge in [-0.1, -0.05) is 0 Å². The van der Waals surface area contributed by atoms with Crippen LogP contribution in [0.15, 0.2) is 18.2 Å². The smallest absolute Gasteiger partial charge is 0.0994 e. The zero-order valence-electron chi connectivity index (χ0n) is 10.5. The molecule has 3 heteroatoms. The van der Waals surface area contributed by atoms with E-state index in [1.807, 2.05) is 19.1 Å². The number of rotatable bonds is 4. The molecule has 0 radical (unpaired) electrons. The molecule has 0 bridgehead atoms. The molecule has 17 heavy (non-hydrogen) atoms. The largest absolute Gasteiger partial charge is 0.370 e. The third kappa shape index (κ3) is 2.42. The fourth-order valence-corrected chi connectivity index (χ4v) is 2.33. The summed E-state index contributed by atoms with van der Waals surface area (Å²) in [6.07, 6.45) is 2.59. The first-order valence-corrected chi connectivity index (χ1v) is 6.11. The summed E-state index contributed by atoms with van der Waals surface area (Å²) in [5.41, 5.74) is 8.79. The van der Waals surface area contributed by atoms with Gasteiger partial charge in [-0.3, -0.25) is 0 Å². The molecule has 0 aromatic heterocycles. The molecule has 90 valence electrons. The number of nitrogens with two attached hydrogens (primary N) is 1. The number of nitrogens with zero attached hydrogens (tertiary/aromatic N) is 2. The van der Waals surface area contributed by atoms with Crippen molar-refractivity contribution in [1.29, 1.82) is 5.26 Å². The monoisotopic (exact) mass is 229 g/mol. The molecule has 1 aliphatic rings. The summed E-state index contributed by atoms with van der Waals surface area (Å²) in [7, 11) is 2.09. The molecule has 2 rings (SSSR count). The van der Waals surface area contributed by atoms with Gasteiger partial charge in [0, 0.05) is 25.3 Å². The van der Waals surface area contributed by atoms with E-state index in [1.165, 1.54) is 12.8 Å². The molecule has 0 amide bonds. The maximum absolute atomic E-state index is 8.92. The van der Waals surface area contributed by atoms with Gasteiger partial charge in [-0.2, -0.15) is 5.26 Å². The van der Waals surface area contributed by atoms with Crippen LogP contribution in [0.4, 0.5) is 5.69 Å². The average molecular weight is 229 g/mol. The molecule has 0 aliphatic heterocycles. The topological polar surface area (TPSA) is 53.0 Å². The molecule has 0 spiro atoms. The van der Waals surface area contributed by atoms with E-state index in [4.69, 9.17) is 11.0 Å². The predicted molar refractivity (Wildman–Crippen MR) is 69.9 cm³/mol. The Hall–Kier alpha value is -1.53. The minimum atomic E-state index is 0.433. The molecule has 1 fully saturated rings. The van der Waals surface area contributed by atoms with Crippen LogP contribution in [-0.2, 0) is 0 Å². The van der Waals surface area contributed by atoms with E-state index in [2.05, 4.69) is 24.1 Å². The Balaban J connectivity index is 2.21. The van der Waals surface area contributed by atoms with Crippen LogP contribution in [0.5, 0.6) is 0 Å². The lowest BCUT2D eigenvalue weighted by Crippen LogP contribution is -2.39. The van der Waals surface area contributed by atoms with E-state index in [0.717, 1.165) is 22.7 Å². The Kier molecular flexibility index (Phi) is 3.35. The minimum Gasteiger partial charge on any atom is -0.370 e. The molecule has 1 atom stereocenters. The number of hydrogen-bond acceptors (Lipinski definition) is 3.